The van der Waals surface area contributed by atoms with Crippen molar-refractivity contribution in [2.75, 3.05) is 5.32 Å². The average Bonchev–Trinajstić information content (AvgIpc) is 2.72. The zero-order valence-corrected chi connectivity index (χ0v) is 13.6. The molecule has 118 valence electrons. The molecule has 7 heteroatoms. The second kappa shape index (κ2) is 5.79. The van der Waals surface area contributed by atoms with Gasteiger partial charge in [0.05, 0.1) is 5.69 Å². The molecule has 0 unspecified atom stereocenters. The van der Waals surface area contributed by atoms with Gasteiger partial charge in [0.25, 0.3) is 10.0 Å². The molecule has 1 N–H and O–H groups in total. The minimum Gasteiger partial charge on any atom is -0.337 e. The predicted octanol–water partition coefficient (Wildman–Crippen LogP) is 4.06. The highest BCUT2D eigenvalue weighted by Crippen LogP contribution is 2.33. The molecule has 0 fully saturated rings. The summed E-state index contributed by atoms with van der Waals surface area (Å²) in [7, 11) is -3.84. The highest BCUT2D eigenvalue weighted by atomic mass is 35.5. The number of anilines is 1. The van der Waals surface area contributed by atoms with Crippen LogP contribution in [-0.2, 0) is 10.0 Å². The van der Waals surface area contributed by atoms with Crippen LogP contribution in [0.4, 0.5) is 10.1 Å². The number of sulfonamides is 1. The molecule has 1 aliphatic heterocycles. The molecule has 0 spiro atoms. The van der Waals surface area contributed by atoms with E-state index in [1.165, 1.54) is 12.1 Å². The molecule has 2 aromatic carbocycles. The van der Waals surface area contributed by atoms with Crippen LogP contribution in [0.25, 0.3) is 4.91 Å². The first kappa shape index (κ1) is 15.7. The van der Waals surface area contributed by atoms with Crippen molar-refractivity contribution in [2.24, 2.45) is 4.40 Å². The van der Waals surface area contributed by atoms with E-state index in [2.05, 4.69) is 9.71 Å². The summed E-state index contributed by atoms with van der Waals surface area (Å²) in [4.78, 5) is 0.0907. The highest BCUT2D eigenvalue weighted by molar-refractivity contribution is 8.00. The Balaban J connectivity index is 2.04. The molecule has 0 radical (unpaired) electrons. The van der Waals surface area contributed by atoms with Gasteiger partial charge in [0.2, 0.25) is 0 Å². The molecule has 0 bridgehead atoms. The fraction of sp³-hybridized carbons (Fsp3) is 0.0625. The summed E-state index contributed by atoms with van der Waals surface area (Å²) in [6, 6.07) is 12.4. The lowest BCUT2D eigenvalue weighted by atomic mass is 10.1. The molecule has 23 heavy (non-hydrogen) atoms. The van der Waals surface area contributed by atoms with Crippen molar-refractivity contribution >= 4 is 38.1 Å². The Hall–Kier alpha value is -2.18. The largest absolute Gasteiger partial charge is 0.337 e. The van der Waals surface area contributed by atoms with Crippen molar-refractivity contribution in [1.29, 1.82) is 0 Å². The lowest BCUT2D eigenvalue weighted by Gasteiger charge is -2.07. The molecular weight excluding hydrogens is 339 g/mol. The molecule has 0 atom stereocenters. The van der Waals surface area contributed by atoms with Gasteiger partial charge in [0.1, 0.15) is 16.6 Å². The van der Waals surface area contributed by atoms with E-state index >= 15 is 0 Å². The van der Waals surface area contributed by atoms with E-state index in [-0.39, 0.29) is 16.4 Å². The zero-order valence-electron chi connectivity index (χ0n) is 12.0. The Labute approximate surface area is 138 Å². The highest BCUT2D eigenvalue weighted by Gasteiger charge is 2.31. The summed E-state index contributed by atoms with van der Waals surface area (Å²) in [5.41, 5.74) is 1.08. The molecule has 0 saturated heterocycles. The third-order valence-electron chi connectivity index (χ3n) is 3.40. The van der Waals surface area contributed by atoms with Gasteiger partial charge in [-0.25, -0.2) is 4.39 Å². The van der Waals surface area contributed by atoms with E-state index in [1.54, 1.807) is 43.3 Å². The molecule has 0 aromatic heterocycles. The van der Waals surface area contributed by atoms with Gasteiger partial charge in [0.15, 0.2) is 0 Å². The van der Waals surface area contributed by atoms with Gasteiger partial charge >= 0.3 is 0 Å². The maximum absolute atomic E-state index is 13.7. The number of benzene rings is 2. The van der Waals surface area contributed by atoms with Gasteiger partial charge in [0, 0.05) is 10.6 Å². The molecule has 1 heterocycles. The molecule has 3 rings (SSSR count). The SMILES string of the molecule is CC1=C(c2ccc(Cl)cc2)S(=O)(=O)N=C1Nc1ccccc1F. The van der Waals surface area contributed by atoms with Crippen molar-refractivity contribution < 1.29 is 12.8 Å². The van der Waals surface area contributed by atoms with E-state index < -0.39 is 15.8 Å². The summed E-state index contributed by atoms with van der Waals surface area (Å²) >= 11 is 5.83. The third kappa shape index (κ3) is 3.00. The number of nitrogens with one attached hydrogen (secondary N) is 1. The second-order valence-electron chi connectivity index (χ2n) is 4.98. The molecule has 2 aromatic rings. The van der Waals surface area contributed by atoms with Crippen molar-refractivity contribution in [2.45, 2.75) is 6.92 Å². The molecule has 0 amide bonds. The van der Waals surface area contributed by atoms with Gasteiger partial charge < -0.3 is 5.32 Å². The van der Waals surface area contributed by atoms with Crippen LogP contribution in [0.15, 0.2) is 58.5 Å². The van der Waals surface area contributed by atoms with E-state index in [1.807, 2.05) is 0 Å². The fourth-order valence-electron chi connectivity index (χ4n) is 2.31. The quantitative estimate of drug-likeness (QED) is 0.888. The number of para-hydroxylation sites is 1. The van der Waals surface area contributed by atoms with Crippen molar-refractivity contribution in [3.05, 3.63) is 70.5 Å². The van der Waals surface area contributed by atoms with Gasteiger partial charge in [-0.05, 0) is 36.8 Å². The molecule has 0 aliphatic carbocycles. The van der Waals surface area contributed by atoms with Crippen molar-refractivity contribution in [1.82, 2.24) is 0 Å². The van der Waals surface area contributed by atoms with Crippen LogP contribution in [0.1, 0.15) is 12.5 Å². The Kier molecular flexibility index (Phi) is 3.95. The zero-order chi connectivity index (χ0) is 16.6. The minimum atomic E-state index is -3.84. The maximum atomic E-state index is 13.7. The number of halogens is 2. The summed E-state index contributed by atoms with van der Waals surface area (Å²) in [6.45, 7) is 1.63. The monoisotopic (exact) mass is 350 g/mol. The van der Waals surface area contributed by atoms with E-state index in [0.29, 0.717) is 16.2 Å². The van der Waals surface area contributed by atoms with Gasteiger partial charge in [-0.2, -0.15) is 8.42 Å². The van der Waals surface area contributed by atoms with Crippen molar-refractivity contribution in [3.63, 3.8) is 0 Å². The Morgan fingerprint density at radius 3 is 2.39 bits per heavy atom. The number of hydrogen-bond donors (Lipinski definition) is 1. The normalized spacial score (nSPS) is 16.4. The first-order valence-electron chi connectivity index (χ1n) is 6.72. The Morgan fingerprint density at radius 1 is 1.09 bits per heavy atom. The third-order valence-corrected chi connectivity index (χ3v) is 5.13. The number of amidine groups is 1. The smallest absolute Gasteiger partial charge is 0.285 e. The number of rotatable bonds is 2. The lowest BCUT2D eigenvalue weighted by Crippen LogP contribution is -2.12. The summed E-state index contributed by atoms with van der Waals surface area (Å²) in [6.07, 6.45) is 0. The van der Waals surface area contributed by atoms with Crippen LogP contribution in [0, 0.1) is 5.82 Å². The topological polar surface area (TPSA) is 58.5 Å². The Bertz CT molecular complexity index is 935. The minimum absolute atomic E-state index is 0.0907. The predicted molar refractivity (Wildman–Crippen MR) is 90.4 cm³/mol. The lowest BCUT2D eigenvalue weighted by molar-refractivity contribution is 0.608. The molecular formula is C16H12ClFN2O2S. The van der Waals surface area contributed by atoms with E-state index in [9.17, 15) is 12.8 Å². The van der Waals surface area contributed by atoms with Crippen LogP contribution >= 0.6 is 11.6 Å². The first-order chi connectivity index (χ1) is 10.9. The van der Waals surface area contributed by atoms with E-state index in [4.69, 9.17) is 11.6 Å². The number of hydrogen-bond acceptors (Lipinski definition) is 3. The van der Waals surface area contributed by atoms with Gasteiger partial charge in [-0.15, -0.1) is 4.40 Å². The standard InChI is InChI=1S/C16H12ClFN2O2S/c1-10-15(11-6-8-12(17)9-7-11)23(21,22)20-16(10)19-14-5-3-2-4-13(14)18/h2-9H,1H3,(H,19,20). The van der Waals surface area contributed by atoms with E-state index in [0.717, 1.165) is 0 Å². The van der Waals surface area contributed by atoms with Crippen LogP contribution in [0.3, 0.4) is 0 Å². The van der Waals surface area contributed by atoms with Crippen LogP contribution < -0.4 is 5.32 Å². The molecule has 0 saturated carbocycles. The summed E-state index contributed by atoms with van der Waals surface area (Å²) in [5.74, 6) is -0.375. The van der Waals surface area contributed by atoms with Crippen LogP contribution in [0.5, 0.6) is 0 Å². The molecule has 4 nitrogen and oxygen atoms in total. The molecule has 1 aliphatic rings. The summed E-state index contributed by atoms with van der Waals surface area (Å²) < 4.78 is 42.1. The van der Waals surface area contributed by atoms with Gasteiger partial charge in [-0.3, -0.25) is 0 Å². The fourth-order valence-corrected chi connectivity index (χ4v) is 3.87. The Morgan fingerprint density at radius 2 is 1.74 bits per heavy atom. The maximum Gasteiger partial charge on any atom is 0.285 e. The second-order valence-corrected chi connectivity index (χ2v) is 6.96. The summed E-state index contributed by atoms with van der Waals surface area (Å²) in [5, 5.41) is 3.24. The average molecular weight is 351 g/mol. The van der Waals surface area contributed by atoms with Gasteiger partial charge in [-0.1, -0.05) is 35.9 Å². The van der Waals surface area contributed by atoms with Crippen LogP contribution in [0.2, 0.25) is 5.02 Å². The van der Waals surface area contributed by atoms with Crippen LogP contribution in [-0.4, -0.2) is 14.3 Å². The van der Waals surface area contributed by atoms with Crippen molar-refractivity contribution in [3.8, 4) is 0 Å². The number of nitrogens with zero attached hydrogens (tertiary/aromatic N) is 1. The first-order valence-corrected chi connectivity index (χ1v) is 8.54.